The summed E-state index contributed by atoms with van der Waals surface area (Å²) in [4.78, 5) is 16.0. The van der Waals surface area contributed by atoms with Crippen LogP contribution in [0.2, 0.25) is 0 Å². The van der Waals surface area contributed by atoms with Gasteiger partial charge in [0, 0.05) is 42.2 Å². The van der Waals surface area contributed by atoms with Gasteiger partial charge >= 0.3 is 0 Å². The fourth-order valence-electron chi connectivity index (χ4n) is 1.74. The number of nitrogens with zero attached hydrogens (tertiary/aromatic N) is 3. The maximum Gasteiger partial charge on any atom is 0.250 e. The van der Waals surface area contributed by atoms with Crippen molar-refractivity contribution in [1.29, 1.82) is 0 Å². The van der Waals surface area contributed by atoms with E-state index in [0.29, 0.717) is 30.7 Å². The van der Waals surface area contributed by atoms with Crippen LogP contribution in [0.1, 0.15) is 18.6 Å². The topological polar surface area (TPSA) is 73.0 Å². The average molecular weight is 341 g/mol. The van der Waals surface area contributed by atoms with E-state index in [1.54, 1.807) is 16.8 Å². The van der Waals surface area contributed by atoms with Crippen LogP contribution in [0.25, 0.3) is 0 Å². The molecule has 6 nitrogen and oxygen atoms in total. The predicted octanol–water partition coefficient (Wildman–Crippen LogP) is 1.39. The molecule has 0 fully saturated rings. The van der Waals surface area contributed by atoms with Crippen LogP contribution in [0.5, 0.6) is 0 Å². The Morgan fingerprint density at radius 3 is 3.05 bits per heavy atom. The van der Waals surface area contributed by atoms with Crippen molar-refractivity contribution < 1.29 is 4.52 Å². The summed E-state index contributed by atoms with van der Waals surface area (Å²) < 4.78 is 7.67. The van der Waals surface area contributed by atoms with Crippen LogP contribution in [-0.2, 0) is 19.4 Å². The molecule has 1 N–H and O–H groups in total. The number of hydrogen-bond donors (Lipinski definition) is 1. The molecule has 0 aromatic carbocycles. The van der Waals surface area contributed by atoms with Crippen LogP contribution in [0.3, 0.4) is 0 Å². The largest absolute Gasteiger partial charge is 0.339 e. The summed E-state index contributed by atoms with van der Waals surface area (Å²) in [5.41, 5.74) is -0.0447. The molecule has 0 amide bonds. The van der Waals surface area contributed by atoms with Crippen LogP contribution in [0.4, 0.5) is 0 Å². The highest BCUT2D eigenvalue weighted by Gasteiger charge is 2.09. The summed E-state index contributed by atoms with van der Waals surface area (Å²) in [6.07, 6.45) is 3.01. The number of nitrogens with one attached hydrogen (secondary N) is 1. The van der Waals surface area contributed by atoms with Gasteiger partial charge in [0.1, 0.15) is 0 Å². The van der Waals surface area contributed by atoms with Crippen LogP contribution < -0.4 is 10.9 Å². The molecule has 0 aliphatic rings. The Morgan fingerprint density at radius 2 is 2.30 bits per heavy atom. The number of pyridine rings is 1. The molecule has 2 heterocycles. The second kappa shape index (κ2) is 6.81. The van der Waals surface area contributed by atoms with Gasteiger partial charge in [-0.25, -0.2) is 0 Å². The molecule has 0 spiro atoms. The average Bonchev–Trinajstić information content (AvgIpc) is 2.87. The van der Waals surface area contributed by atoms with Crippen molar-refractivity contribution in [2.24, 2.45) is 0 Å². The molecular formula is C13H17BrN4O2. The zero-order valence-electron chi connectivity index (χ0n) is 11.5. The summed E-state index contributed by atoms with van der Waals surface area (Å²) in [6.45, 7) is 2.57. The van der Waals surface area contributed by atoms with E-state index in [2.05, 4.69) is 38.3 Å². The van der Waals surface area contributed by atoms with Crippen molar-refractivity contribution in [1.82, 2.24) is 20.0 Å². The highest BCUT2D eigenvalue weighted by atomic mass is 79.9. The molecule has 0 aliphatic carbocycles. The minimum absolute atomic E-state index is 0.0447. The van der Waals surface area contributed by atoms with Crippen molar-refractivity contribution >= 4 is 15.9 Å². The summed E-state index contributed by atoms with van der Waals surface area (Å²) in [7, 11) is 1.89. The van der Waals surface area contributed by atoms with E-state index < -0.39 is 0 Å². The maximum absolute atomic E-state index is 11.6. The Labute approximate surface area is 125 Å². The lowest BCUT2D eigenvalue weighted by Gasteiger charge is -2.04. The highest BCUT2D eigenvalue weighted by molar-refractivity contribution is 9.10. The molecule has 0 radical (unpaired) electrons. The lowest BCUT2D eigenvalue weighted by Crippen LogP contribution is -2.24. The van der Waals surface area contributed by atoms with Crippen LogP contribution in [-0.4, -0.2) is 27.8 Å². The van der Waals surface area contributed by atoms with Gasteiger partial charge in [0.25, 0.3) is 5.56 Å². The van der Waals surface area contributed by atoms with Crippen molar-refractivity contribution in [3.63, 3.8) is 0 Å². The van der Waals surface area contributed by atoms with Gasteiger partial charge in [-0.1, -0.05) is 5.16 Å². The quantitative estimate of drug-likeness (QED) is 0.860. The third-order valence-corrected chi connectivity index (χ3v) is 3.47. The van der Waals surface area contributed by atoms with Gasteiger partial charge in [0.2, 0.25) is 5.89 Å². The lowest BCUT2D eigenvalue weighted by atomic mass is 10.2. The van der Waals surface area contributed by atoms with Gasteiger partial charge in [0.15, 0.2) is 5.82 Å². The van der Waals surface area contributed by atoms with Crippen LogP contribution >= 0.6 is 15.9 Å². The number of aryl methyl sites for hydroxylation is 2. The van der Waals surface area contributed by atoms with Gasteiger partial charge in [-0.2, -0.15) is 4.98 Å². The standard InChI is InChI=1S/C13H17BrN4O2/c1-9(15-2)7-11-16-12(20-17-11)5-6-18-8-10(14)3-4-13(18)19/h3-4,8-9,15H,5-7H2,1-2H3. The fraction of sp³-hybridized carbons (Fsp3) is 0.462. The van der Waals surface area contributed by atoms with Crippen molar-refractivity contribution in [2.45, 2.75) is 32.4 Å². The van der Waals surface area contributed by atoms with E-state index in [1.165, 1.54) is 6.07 Å². The molecule has 2 aromatic heterocycles. The molecular weight excluding hydrogens is 324 g/mol. The van der Waals surface area contributed by atoms with Gasteiger partial charge in [-0.05, 0) is 36.0 Å². The van der Waals surface area contributed by atoms with Crippen molar-refractivity contribution in [2.75, 3.05) is 7.05 Å². The molecule has 0 aliphatic heterocycles. The normalized spacial score (nSPS) is 12.6. The summed E-state index contributed by atoms with van der Waals surface area (Å²) in [5, 5.41) is 7.06. The smallest absolute Gasteiger partial charge is 0.250 e. The van der Waals surface area contributed by atoms with E-state index in [9.17, 15) is 4.79 Å². The zero-order chi connectivity index (χ0) is 14.5. The second-order valence-corrected chi connectivity index (χ2v) is 5.54. The molecule has 0 saturated carbocycles. The van der Waals surface area contributed by atoms with Crippen LogP contribution in [0, 0.1) is 0 Å². The highest BCUT2D eigenvalue weighted by Crippen LogP contribution is 2.06. The van der Waals surface area contributed by atoms with E-state index in [0.717, 1.165) is 10.9 Å². The fourth-order valence-corrected chi connectivity index (χ4v) is 2.12. The first-order valence-electron chi connectivity index (χ1n) is 6.43. The van der Waals surface area contributed by atoms with E-state index >= 15 is 0 Å². The van der Waals surface area contributed by atoms with Gasteiger partial charge < -0.3 is 14.4 Å². The Hall–Kier alpha value is -1.47. The minimum Gasteiger partial charge on any atom is -0.339 e. The van der Waals surface area contributed by atoms with Crippen molar-refractivity contribution in [3.8, 4) is 0 Å². The molecule has 108 valence electrons. The van der Waals surface area contributed by atoms with Gasteiger partial charge in [0.05, 0.1) is 0 Å². The number of hydrogen-bond acceptors (Lipinski definition) is 5. The van der Waals surface area contributed by atoms with Gasteiger partial charge in [-0.15, -0.1) is 0 Å². The number of rotatable bonds is 6. The Morgan fingerprint density at radius 1 is 1.50 bits per heavy atom. The Kier molecular flexibility index (Phi) is 5.08. The number of aromatic nitrogens is 3. The summed E-state index contributed by atoms with van der Waals surface area (Å²) >= 11 is 3.34. The van der Waals surface area contributed by atoms with Crippen molar-refractivity contribution in [3.05, 3.63) is 44.9 Å². The zero-order valence-corrected chi connectivity index (χ0v) is 13.1. The first-order chi connectivity index (χ1) is 9.58. The monoisotopic (exact) mass is 340 g/mol. The van der Waals surface area contributed by atoms with E-state index in [1.807, 2.05) is 7.05 Å². The number of likely N-dealkylation sites (N-methyl/N-ethyl adjacent to an activating group) is 1. The third-order valence-electron chi connectivity index (χ3n) is 3.01. The Bertz CT molecular complexity index is 623. The molecule has 1 atom stereocenters. The lowest BCUT2D eigenvalue weighted by molar-refractivity contribution is 0.364. The SMILES string of the molecule is CNC(C)Cc1noc(CCn2cc(Br)ccc2=O)n1. The van der Waals surface area contributed by atoms with Crippen LogP contribution in [0.15, 0.2) is 32.1 Å². The number of halogens is 1. The molecule has 0 saturated heterocycles. The first-order valence-corrected chi connectivity index (χ1v) is 7.22. The third kappa shape index (κ3) is 4.01. The molecule has 2 rings (SSSR count). The second-order valence-electron chi connectivity index (χ2n) is 4.63. The molecule has 20 heavy (non-hydrogen) atoms. The summed E-state index contributed by atoms with van der Waals surface area (Å²) in [5.74, 6) is 1.23. The summed E-state index contributed by atoms with van der Waals surface area (Å²) in [6, 6.07) is 3.55. The maximum atomic E-state index is 11.6. The van der Waals surface area contributed by atoms with Gasteiger partial charge in [-0.3, -0.25) is 4.79 Å². The molecule has 1 unspecified atom stereocenters. The molecule has 2 aromatic rings. The predicted molar refractivity (Wildman–Crippen MR) is 78.6 cm³/mol. The van der Waals surface area contributed by atoms with E-state index in [-0.39, 0.29) is 5.56 Å². The molecule has 7 heteroatoms. The Balaban J connectivity index is 1.97. The van der Waals surface area contributed by atoms with E-state index in [4.69, 9.17) is 4.52 Å². The first kappa shape index (κ1) is 14.9. The molecule has 0 bridgehead atoms. The minimum atomic E-state index is -0.0447.